The van der Waals surface area contributed by atoms with Crippen LogP contribution in [-0.2, 0) is 4.74 Å². The van der Waals surface area contributed by atoms with Crippen LogP contribution in [0.4, 0.5) is 5.69 Å². The molecule has 1 aliphatic heterocycles. The molecule has 1 saturated heterocycles. The van der Waals surface area contributed by atoms with Gasteiger partial charge in [0.25, 0.3) is 0 Å². The first-order valence-electron chi connectivity index (χ1n) is 7.83. The molecule has 2 rings (SSSR count). The molecule has 1 heterocycles. The molecule has 4 heteroatoms. The topological polar surface area (TPSA) is 27.7 Å². The fourth-order valence-corrected chi connectivity index (χ4v) is 3.08. The van der Waals surface area contributed by atoms with E-state index in [1.807, 2.05) is 7.05 Å². The first kappa shape index (κ1) is 16.3. The molecule has 2 atom stereocenters. The summed E-state index contributed by atoms with van der Waals surface area (Å²) in [7, 11) is 6.13. The summed E-state index contributed by atoms with van der Waals surface area (Å²) in [6.07, 6.45) is 0.205. The second-order valence-electron chi connectivity index (χ2n) is 6.23. The Morgan fingerprint density at radius 1 is 1.29 bits per heavy atom. The molecule has 0 spiro atoms. The van der Waals surface area contributed by atoms with E-state index in [2.05, 4.69) is 67.3 Å². The van der Waals surface area contributed by atoms with Crippen LogP contribution in [0.2, 0.25) is 0 Å². The Kier molecular flexibility index (Phi) is 5.62. The number of hydrogen-bond donors (Lipinski definition) is 1. The summed E-state index contributed by atoms with van der Waals surface area (Å²) in [5.74, 6) is 0. The summed E-state index contributed by atoms with van der Waals surface area (Å²) in [6, 6.07) is 9.71. The van der Waals surface area contributed by atoms with E-state index in [9.17, 15) is 0 Å². The summed E-state index contributed by atoms with van der Waals surface area (Å²) < 4.78 is 6.03. The largest absolute Gasteiger partial charge is 0.378 e. The second kappa shape index (κ2) is 7.25. The van der Waals surface area contributed by atoms with Crippen molar-refractivity contribution in [2.24, 2.45) is 0 Å². The van der Waals surface area contributed by atoms with Crippen molar-refractivity contribution in [2.75, 3.05) is 45.7 Å². The first-order valence-corrected chi connectivity index (χ1v) is 7.83. The van der Waals surface area contributed by atoms with Gasteiger partial charge in [-0.2, -0.15) is 0 Å². The van der Waals surface area contributed by atoms with Gasteiger partial charge >= 0.3 is 0 Å². The molecule has 1 aromatic rings. The molecule has 1 fully saturated rings. The van der Waals surface area contributed by atoms with Crippen molar-refractivity contribution in [3.8, 4) is 0 Å². The van der Waals surface area contributed by atoms with Crippen LogP contribution in [0.3, 0.4) is 0 Å². The van der Waals surface area contributed by atoms with Crippen LogP contribution in [0.1, 0.15) is 25.5 Å². The number of morpholine rings is 1. The molecule has 2 unspecified atom stereocenters. The van der Waals surface area contributed by atoms with Crippen LogP contribution in [0.25, 0.3) is 0 Å². The number of nitrogens with zero attached hydrogens (tertiary/aromatic N) is 2. The fourth-order valence-electron chi connectivity index (χ4n) is 3.08. The molecule has 21 heavy (non-hydrogen) atoms. The Hall–Kier alpha value is -1.10. The van der Waals surface area contributed by atoms with E-state index >= 15 is 0 Å². The average Bonchev–Trinajstić information content (AvgIpc) is 2.47. The van der Waals surface area contributed by atoms with Gasteiger partial charge in [0.05, 0.1) is 18.8 Å². The number of nitrogens with one attached hydrogen (secondary N) is 1. The summed E-state index contributed by atoms with van der Waals surface area (Å²) in [5, 5.41) is 3.27. The standard InChI is InChI=1S/C17H29N3O/c1-13(2)20-10-11-21-16(12-18-3)17(20)14-6-8-15(9-7-14)19(4)5/h6-9,13,16-18H,10-12H2,1-5H3. The summed E-state index contributed by atoms with van der Waals surface area (Å²) >= 11 is 0. The first-order chi connectivity index (χ1) is 10.0. The molecule has 1 aliphatic rings. The molecule has 0 radical (unpaired) electrons. The molecular weight excluding hydrogens is 262 g/mol. The van der Waals surface area contributed by atoms with E-state index in [0.717, 1.165) is 19.7 Å². The van der Waals surface area contributed by atoms with Gasteiger partial charge in [0.15, 0.2) is 0 Å². The Morgan fingerprint density at radius 3 is 2.48 bits per heavy atom. The molecule has 0 amide bonds. The summed E-state index contributed by atoms with van der Waals surface area (Å²) in [4.78, 5) is 4.68. The maximum absolute atomic E-state index is 6.03. The molecule has 118 valence electrons. The van der Waals surface area contributed by atoms with Gasteiger partial charge in [-0.3, -0.25) is 4.90 Å². The zero-order valence-corrected chi connectivity index (χ0v) is 14.0. The van der Waals surface area contributed by atoms with E-state index in [-0.39, 0.29) is 6.10 Å². The van der Waals surface area contributed by atoms with Crippen LogP contribution < -0.4 is 10.2 Å². The lowest BCUT2D eigenvalue weighted by Gasteiger charge is -2.43. The Morgan fingerprint density at radius 2 is 1.95 bits per heavy atom. The van der Waals surface area contributed by atoms with E-state index in [0.29, 0.717) is 12.1 Å². The Bertz CT molecular complexity index is 428. The molecule has 1 aromatic carbocycles. The minimum Gasteiger partial charge on any atom is -0.378 e. The minimum absolute atomic E-state index is 0.205. The molecule has 4 nitrogen and oxygen atoms in total. The van der Waals surface area contributed by atoms with Crippen LogP contribution >= 0.6 is 0 Å². The third kappa shape index (κ3) is 3.76. The lowest BCUT2D eigenvalue weighted by atomic mass is 9.96. The van der Waals surface area contributed by atoms with E-state index < -0.39 is 0 Å². The van der Waals surface area contributed by atoms with Gasteiger partial charge in [-0.05, 0) is 38.6 Å². The van der Waals surface area contributed by atoms with Gasteiger partial charge in [0, 0.05) is 38.9 Å². The second-order valence-corrected chi connectivity index (χ2v) is 6.23. The van der Waals surface area contributed by atoms with Crippen LogP contribution in [-0.4, -0.2) is 57.9 Å². The summed E-state index contributed by atoms with van der Waals surface area (Å²) in [6.45, 7) is 7.23. The highest BCUT2D eigenvalue weighted by molar-refractivity contribution is 5.46. The molecule has 1 N–H and O–H groups in total. The van der Waals surface area contributed by atoms with Gasteiger partial charge in [0.1, 0.15) is 0 Å². The third-order valence-electron chi connectivity index (χ3n) is 4.21. The number of anilines is 1. The van der Waals surface area contributed by atoms with Crippen molar-refractivity contribution < 1.29 is 4.74 Å². The Balaban J connectivity index is 2.28. The zero-order chi connectivity index (χ0) is 15.4. The zero-order valence-electron chi connectivity index (χ0n) is 14.0. The van der Waals surface area contributed by atoms with E-state index in [1.165, 1.54) is 11.3 Å². The predicted octanol–water partition coefficient (Wildman–Crippen LogP) is 2.12. The number of hydrogen-bond acceptors (Lipinski definition) is 4. The molecule has 0 bridgehead atoms. The highest BCUT2D eigenvalue weighted by atomic mass is 16.5. The highest BCUT2D eigenvalue weighted by Crippen LogP contribution is 2.32. The van der Waals surface area contributed by atoms with Crippen molar-refractivity contribution in [3.05, 3.63) is 29.8 Å². The van der Waals surface area contributed by atoms with Gasteiger partial charge in [-0.15, -0.1) is 0 Å². The van der Waals surface area contributed by atoms with Gasteiger partial charge < -0.3 is 15.0 Å². The monoisotopic (exact) mass is 291 g/mol. The highest BCUT2D eigenvalue weighted by Gasteiger charge is 2.34. The minimum atomic E-state index is 0.205. The van der Waals surface area contributed by atoms with Crippen molar-refractivity contribution in [2.45, 2.75) is 32.0 Å². The molecule has 0 aliphatic carbocycles. The van der Waals surface area contributed by atoms with Crippen molar-refractivity contribution in [1.29, 1.82) is 0 Å². The normalized spacial score (nSPS) is 23.5. The lowest BCUT2D eigenvalue weighted by molar-refractivity contribution is -0.0815. The van der Waals surface area contributed by atoms with Gasteiger partial charge in [0.2, 0.25) is 0 Å². The lowest BCUT2D eigenvalue weighted by Crippen LogP contribution is -2.51. The number of ether oxygens (including phenoxy) is 1. The predicted molar refractivity (Wildman–Crippen MR) is 89.0 cm³/mol. The third-order valence-corrected chi connectivity index (χ3v) is 4.21. The quantitative estimate of drug-likeness (QED) is 0.899. The maximum atomic E-state index is 6.03. The molecule has 0 aromatic heterocycles. The van der Waals surface area contributed by atoms with Crippen LogP contribution in [0, 0.1) is 0 Å². The van der Waals surface area contributed by atoms with Crippen LogP contribution in [0.5, 0.6) is 0 Å². The van der Waals surface area contributed by atoms with Gasteiger partial charge in [-0.25, -0.2) is 0 Å². The SMILES string of the molecule is CNCC1OCCN(C(C)C)C1c1ccc(N(C)C)cc1. The average molecular weight is 291 g/mol. The molecule has 0 saturated carbocycles. The number of likely N-dealkylation sites (N-methyl/N-ethyl adjacent to an activating group) is 1. The smallest absolute Gasteiger partial charge is 0.0896 e. The molecular formula is C17H29N3O. The number of rotatable bonds is 5. The summed E-state index contributed by atoms with van der Waals surface area (Å²) in [5.41, 5.74) is 2.57. The van der Waals surface area contributed by atoms with E-state index in [1.54, 1.807) is 0 Å². The van der Waals surface area contributed by atoms with E-state index in [4.69, 9.17) is 4.74 Å². The van der Waals surface area contributed by atoms with Crippen molar-refractivity contribution in [3.63, 3.8) is 0 Å². The Labute approximate surface area is 129 Å². The van der Waals surface area contributed by atoms with Crippen molar-refractivity contribution in [1.82, 2.24) is 10.2 Å². The van der Waals surface area contributed by atoms with Crippen molar-refractivity contribution >= 4 is 5.69 Å². The number of benzene rings is 1. The maximum Gasteiger partial charge on any atom is 0.0896 e. The fraction of sp³-hybridized carbons (Fsp3) is 0.647. The van der Waals surface area contributed by atoms with Gasteiger partial charge in [-0.1, -0.05) is 12.1 Å². The van der Waals surface area contributed by atoms with Crippen LogP contribution in [0.15, 0.2) is 24.3 Å².